The first-order valence-electron chi connectivity index (χ1n) is 7.37. The molecular weight excluding hydrogens is 337 g/mol. The number of hydrogen-bond acceptors (Lipinski definition) is 6. The van der Waals surface area contributed by atoms with E-state index in [4.69, 9.17) is 9.47 Å². The first-order chi connectivity index (χ1) is 11.8. The van der Waals surface area contributed by atoms with Crippen LogP contribution in [0.25, 0.3) is 0 Å². The first kappa shape index (κ1) is 18.2. The minimum absolute atomic E-state index is 0.0910. The Balaban J connectivity index is 2.31. The van der Waals surface area contributed by atoms with Crippen molar-refractivity contribution >= 4 is 17.7 Å². The van der Waals surface area contributed by atoms with Crippen molar-refractivity contribution in [2.24, 2.45) is 0 Å². The number of esters is 1. The van der Waals surface area contributed by atoms with Crippen LogP contribution in [0.1, 0.15) is 13.8 Å². The molecule has 25 heavy (non-hydrogen) atoms. The van der Waals surface area contributed by atoms with Gasteiger partial charge in [0.2, 0.25) is 0 Å². The van der Waals surface area contributed by atoms with E-state index in [2.05, 4.69) is 10.6 Å². The van der Waals surface area contributed by atoms with E-state index in [0.29, 0.717) is 0 Å². The Labute approximate surface area is 141 Å². The summed E-state index contributed by atoms with van der Waals surface area (Å²) in [5.74, 6) is -1.70. The normalized spacial score (nSPS) is 16.8. The maximum absolute atomic E-state index is 13.3. The van der Waals surface area contributed by atoms with Crippen LogP contribution in [-0.2, 0) is 9.53 Å². The van der Waals surface area contributed by atoms with Gasteiger partial charge in [0.05, 0.1) is 28.8 Å². The van der Waals surface area contributed by atoms with Gasteiger partial charge >= 0.3 is 17.7 Å². The third kappa shape index (κ3) is 4.22. The zero-order chi connectivity index (χ0) is 18.6. The lowest BCUT2D eigenvalue weighted by Gasteiger charge is -2.26. The van der Waals surface area contributed by atoms with Crippen molar-refractivity contribution in [3.63, 3.8) is 0 Å². The summed E-state index contributed by atoms with van der Waals surface area (Å²) in [6.45, 7) is 2.96. The van der Waals surface area contributed by atoms with E-state index in [1.807, 2.05) is 0 Å². The summed E-state index contributed by atoms with van der Waals surface area (Å²) in [6, 6.07) is 1.55. The molecule has 2 amide bonds. The SMILES string of the molecule is CCOC(=O)C1=C(COc2cc(F)ccc2[N+](=O)[O-])NC(=O)N[C@H]1C. The molecule has 0 bridgehead atoms. The molecule has 1 aromatic carbocycles. The molecule has 0 fully saturated rings. The van der Waals surface area contributed by atoms with E-state index < -0.39 is 34.5 Å². The number of amides is 2. The van der Waals surface area contributed by atoms with E-state index in [0.717, 1.165) is 18.2 Å². The van der Waals surface area contributed by atoms with Gasteiger partial charge < -0.3 is 20.1 Å². The lowest BCUT2D eigenvalue weighted by molar-refractivity contribution is -0.385. The van der Waals surface area contributed by atoms with Crippen molar-refractivity contribution in [1.29, 1.82) is 0 Å². The van der Waals surface area contributed by atoms with E-state index >= 15 is 0 Å². The van der Waals surface area contributed by atoms with Gasteiger partial charge in [-0.1, -0.05) is 0 Å². The number of carbonyl (C=O) groups excluding carboxylic acids is 2. The topological polar surface area (TPSA) is 120 Å². The van der Waals surface area contributed by atoms with Gasteiger partial charge in [-0.3, -0.25) is 10.1 Å². The molecule has 0 radical (unpaired) electrons. The summed E-state index contributed by atoms with van der Waals surface area (Å²) in [5, 5.41) is 15.9. The van der Waals surface area contributed by atoms with E-state index in [-0.39, 0.29) is 30.2 Å². The maximum Gasteiger partial charge on any atom is 0.338 e. The van der Waals surface area contributed by atoms with Crippen molar-refractivity contribution in [3.05, 3.63) is 45.4 Å². The van der Waals surface area contributed by atoms with Gasteiger partial charge in [0, 0.05) is 12.1 Å². The Kier molecular flexibility index (Phi) is 5.52. The summed E-state index contributed by atoms with van der Waals surface area (Å²) in [4.78, 5) is 33.9. The molecule has 1 aromatic rings. The van der Waals surface area contributed by atoms with Crippen LogP contribution < -0.4 is 15.4 Å². The second kappa shape index (κ2) is 7.60. The number of halogens is 1. The first-order valence-corrected chi connectivity index (χ1v) is 7.37. The molecule has 1 aliphatic rings. The van der Waals surface area contributed by atoms with E-state index in [9.17, 15) is 24.1 Å². The lowest BCUT2D eigenvalue weighted by Crippen LogP contribution is -2.50. The molecule has 1 atom stereocenters. The Morgan fingerprint density at radius 3 is 2.80 bits per heavy atom. The molecule has 0 unspecified atom stereocenters. The van der Waals surface area contributed by atoms with Crippen molar-refractivity contribution in [2.75, 3.05) is 13.2 Å². The molecule has 10 heteroatoms. The van der Waals surface area contributed by atoms with Crippen molar-refractivity contribution in [2.45, 2.75) is 19.9 Å². The molecule has 2 rings (SSSR count). The molecule has 0 saturated carbocycles. The van der Waals surface area contributed by atoms with Crippen LogP contribution in [0.2, 0.25) is 0 Å². The summed E-state index contributed by atoms with van der Waals surface area (Å²) in [5.41, 5.74) is -0.221. The van der Waals surface area contributed by atoms with Gasteiger partial charge in [0.15, 0.2) is 5.75 Å². The average molecular weight is 353 g/mol. The summed E-state index contributed by atoms with van der Waals surface area (Å²) < 4.78 is 23.6. The molecule has 0 aromatic heterocycles. The standard InChI is InChI=1S/C15H16FN3O6/c1-3-24-14(20)13-8(2)17-15(21)18-10(13)7-25-12-6-9(16)4-5-11(12)19(22)23/h4-6,8H,3,7H2,1-2H3,(H2,17,18,21)/t8-/m0/s1. The minimum atomic E-state index is -0.723. The smallest absolute Gasteiger partial charge is 0.338 e. The van der Waals surface area contributed by atoms with Gasteiger partial charge in [0.1, 0.15) is 12.4 Å². The van der Waals surface area contributed by atoms with Crippen LogP contribution in [0, 0.1) is 15.9 Å². The van der Waals surface area contributed by atoms with Crippen LogP contribution >= 0.6 is 0 Å². The number of carbonyl (C=O) groups is 2. The Hall–Kier alpha value is -3.17. The quantitative estimate of drug-likeness (QED) is 0.456. The number of nitro groups is 1. The molecule has 2 N–H and O–H groups in total. The largest absolute Gasteiger partial charge is 0.480 e. The zero-order valence-electron chi connectivity index (χ0n) is 13.5. The number of urea groups is 1. The molecule has 0 saturated heterocycles. The highest BCUT2D eigenvalue weighted by molar-refractivity contribution is 5.94. The molecule has 134 valence electrons. The summed E-state index contributed by atoms with van der Waals surface area (Å²) >= 11 is 0. The molecular formula is C15H16FN3O6. The van der Waals surface area contributed by atoms with Gasteiger partial charge in [-0.25, -0.2) is 14.0 Å². The number of rotatable bonds is 6. The number of benzene rings is 1. The highest BCUT2D eigenvalue weighted by Crippen LogP contribution is 2.28. The molecule has 9 nitrogen and oxygen atoms in total. The fraction of sp³-hybridized carbons (Fsp3) is 0.333. The molecule has 0 aliphatic carbocycles. The van der Waals surface area contributed by atoms with Crippen LogP contribution in [0.15, 0.2) is 29.5 Å². The summed E-state index contributed by atoms with van der Waals surface area (Å²) in [6.07, 6.45) is 0. The number of nitrogens with one attached hydrogen (secondary N) is 2. The fourth-order valence-corrected chi connectivity index (χ4v) is 2.30. The number of hydrogen-bond donors (Lipinski definition) is 2. The molecule has 1 heterocycles. The van der Waals surface area contributed by atoms with Gasteiger partial charge in [0.25, 0.3) is 0 Å². The van der Waals surface area contributed by atoms with Crippen molar-refractivity contribution < 1.29 is 28.4 Å². The maximum atomic E-state index is 13.3. The van der Waals surface area contributed by atoms with Crippen LogP contribution in [0.5, 0.6) is 5.75 Å². The second-order valence-electron chi connectivity index (χ2n) is 5.09. The van der Waals surface area contributed by atoms with Gasteiger partial charge in [-0.2, -0.15) is 0 Å². The second-order valence-corrected chi connectivity index (χ2v) is 5.09. The highest BCUT2D eigenvalue weighted by atomic mass is 19.1. The Morgan fingerprint density at radius 2 is 2.16 bits per heavy atom. The Morgan fingerprint density at radius 1 is 1.44 bits per heavy atom. The fourth-order valence-electron chi connectivity index (χ4n) is 2.30. The summed E-state index contributed by atoms with van der Waals surface area (Å²) in [7, 11) is 0. The van der Waals surface area contributed by atoms with Crippen molar-refractivity contribution in [3.8, 4) is 5.75 Å². The van der Waals surface area contributed by atoms with Crippen molar-refractivity contribution in [1.82, 2.24) is 10.6 Å². The van der Waals surface area contributed by atoms with Gasteiger partial charge in [-0.05, 0) is 19.9 Å². The minimum Gasteiger partial charge on any atom is -0.480 e. The van der Waals surface area contributed by atoms with Crippen LogP contribution in [0.3, 0.4) is 0 Å². The zero-order valence-corrected chi connectivity index (χ0v) is 13.5. The molecule has 1 aliphatic heterocycles. The third-order valence-corrected chi connectivity index (χ3v) is 3.36. The average Bonchev–Trinajstić information content (AvgIpc) is 2.52. The number of ether oxygens (including phenoxy) is 2. The predicted molar refractivity (Wildman–Crippen MR) is 83.3 cm³/mol. The monoisotopic (exact) mass is 353 g/mol. The lowest BCUT2D eigenvalue weighted by atomic mass is 10.0. The van der Waals surface area contributed by atoms with E-state index in [1.54, 1.807) is 13.8 Å². The van der Waals surface area contributed by atoms with Crippen LogP contribution in [0.4, 0.5) is 14.9 Å². The van der Waals surface area contributed by atoms with Gasteiger partial charge in [-0.15, -0.1) is 0 Å². The number of nitro benzene ring substituents is 1. The third-order valence-electron chi connectivity index (χ3n) is 3.36. The Bertz CT molecular complexity index is 749. The van der Waals surface area contributed by atoms with E-state index in [1.165, 1.54) is 0 Å². The highest BCUT2D eigenvalue weighted by Gasteiger charge is 2.30. The predicted octanol–water partition coefficient (Wildman–Crippen LogP) is 1.63. The van der Waals surface area contributed by atoms with Crippen LogP contribution in [-0.4, -0.2) is 36.2 Å². The molecule has 0 spiro atoms. The number of nitrogens with zero attached hydrogens (tertiary/aromatic N) is 1.